The molecule has 5 nitrogen and oxygen atoms in total. The summed E-state index contributed by atoms with van der Waals surface area (Å²) in [5.74, 6) is -0.266. The van der Waals surface area contributed by atoms with Gasteiger partial charge in [-0.05, 0) is 32.9 Å². The Morgan fingerprint density at radius 3 is 2.68 bits per heavy atom. The lowest BCUT2D eigenvalue weighted by atomic mass is 10.1. The van der Waals surface area contributed by atoms with Gasteiger partial charge in [0.1, 0.15) is 5.76 Å². The van der Waals surface area contributed by atoms with Crippen molar-refractivity contribution in [1.29, 1.82) is 0 Å². The van der Waals surface area contributed by atoms with Crippen molar-refractivity contribution in [2.24, 2.45) is 0 Å². The summed E-state index contributed by atoms with van der Waals surface area (Å²) < 4.78 is 17.7. The predicted octanol–water partition coefficient (Wildman–Crippen LogP) is 2.32. The summed E-state index contributed by atoms with van der Waals surface area (Å²) >= 11 is 0. The number of hydrogen-bond donors (Lipinski definition) is 1. The molecule has 1 unspecified atom stereocenters. The highest BCUT2D eigenvalue weighted by Gasteiger charge is 2.18. The van der Waals surface area contributed by atoms with Gasteiger partial charge in [-0.3, -0.25) is 4.79 Å². The summed E-state index contributed by atoms with van der Waals surface area (Å²) in [6.45, 7) is 5.44. The summed E-state index contributed by atoms with van der Waals surface area (Å²) in [5, 5.41) is 6.64. The number of aromatic nitrogens is 2. The Kier molecular flexibility index (Phi) is 3.59. The van der Waals surface area contributed by atoms with Gasteiger partial charge in [-0.1, -0.05) is 5.16 Å². The third-order valence-corrected chi connectivity index (χ3v) is 2.86. The maximum absolute atomic E-state index is 12.7. The second-order valence-corrected chi connectivity index (χ2v) is 4.30. The van der Waals surface area contributed by atoms with E-state index in [2.05, 4.69) is 15.5 Å². The summed E-state index contributed by atoms with van der Waals surface area (Å²) in [7, 11) is 0. The highest BCUT2D eigenvalue weighted by Crippen LogP contribution is 2.21. The van der Waals surface area contributed by atoms with Crippen LogP contribution in [0.15, 0.2) is 22.9 Å². The number of pyridine rings is 1. The zero-order valence-electron chi connectivity index (χ0n) is 10.9. The minimum Gasteiger partial charge on any atom is -0.361 e. The van der Waals surface area contributed by atoms with Crippen LogP contribution in [0.1, 0.15) is 40.3 Å². The third kappa shape index (κ3) is 2.78. The maximum Gasteiger partial charge on any atom is 0.253 e. The fraction of sp³-hybridized carbons (Fsp3) is 0.308. The van der Waals surface area contributed by atoms with Crippen molar-refractivity contribution in [3.63, 3.8) is 0 Å². The molecule has 1 atom stereocenters. The maximum atomic E-state index is 12.7. The van der Waals surface area contributed by atoms with E-state index in [4.69, 9.17) is 4.52 Å². The number of amides is 1. The number of nitrogens with one attached hydrogen (secondary N) is 1. The molecule has 0 spiro atoms. The van der Waals surface area contributed by atoms with E-state index >= 15 is 0 Å². The lowest BCUT2D eigenvalue weighted by molar-refractivity contribution is 0.0939. The molecule has 0 bridgehead atoms. The van der Waals surface area contributed by atoms with Crippen LogP contribution in [-0.2, 0) is 0 Å². The van der Waals surface area contributed by atoms with Gasteiger partial charge in [-0.2, -0.15) is 4.39 Å². The van der Waals surface area contributed by atoms with E-state index in [1.807, 2.05) is 13.8 Å². The minimum atomic E-state index is -0.615. The van der Waals surface area contributed by atoms with Crippen molar-refractivity contribution in [3.05, 3.63) is 46.9 Å². The number of halogens is 1. The molecule has 2 rings (SSSR count). The van der Waals surface area contributed by atoms with Crippen LogP contribution in [0.4, 0.5) is 4.39 Å². The SMILES string of the molecule is Cc1noc(C)c1C(C)NC(=O)c1ccc(F)nc1. The average molecular weight is 263 g/mol. The Bertz CT molecular complexity index is 573. The Morgan fingerprint density at radius 2 is 2.16 bits per heavy atom. The van der Waals surface area contributed by atoms with Gasteiger partial charge in [0.25, 0.3) is 5.91 Å². The fourth-order valence-electron chi connectivity index (χ4n) is 1.97. The first kappa shape index (κ1) is 13.2. The highest BCUT2D eigenvalue weighted by molar-refractivity contribution is 5.94. The molecule has 1 N–H and O–H groups in total. The van der Waals surface area contributed by atoms with Crippen LogP contribution in [0, 0.1) is 19.8 Å². The Balaban J connectivity index is 2.13. The van der Waals surface area contributed by atoms with Gasteiger partial charge in [0.15, 0.2) is 0 Å². The molecule has 0 aliphatic carbocycles. The van der Waals surface area contributed by atoms with Crippen LogP contribution >= 0.6 is 0 Å². The van der Waals surface area contributed by atoms with E-state index < -0.39 is 5.95 Å². The molecular formula is C13H14FN3O2. The molecule has 6 heteroatoms. The second kappa shape index (κ2) is 5.17. The van der Waals surface area contributed by atoms with Crippen LogP contribution < -0.4 is 5.32 Å². The minimum absolute atomic E-state index is 0.246. The van der Waals surface area contributed by atoms with Crippen LogP contribution in [0.5, 0.6) is 0 Å². The molecule has 100 valence electrons. The van der Waals surface area contributed by atoms with Gasteiger partial charge in [-0.25, -0.2) is 4.98 Å². The number of aryl methyl sites for hydroxylation is 2. The predicted molar refractivity (Wildman–Crippen MR) is 66.1 cm³/mol. The normalized spacial score (nSPS) is 12.2. The first-order chi connectivity index (χ1) is 8.99. The molecule has 0 saturated carbocycles. The monoisotopic (exact) mass is 263 g/mol. The third-order valence-electron chi connectivity index (χ3n) is 2.86. The molecule has 0 saturated heterocycles. The summed E-state index contributed by atoms with van der Waals surface area (Å²) in [4.78, 5) is 15.4. The Morgan fingerprint density at radius 1 is 1.42 bits per heavy atom. The average Bonchev–Trinajstić information content (AvgIpc) is 2.69. The van der Waals surface area contributed by atoms with Crippen molar-refractivity contribution < 1.29 is 13.7 Å². The van der Waals surface area contributed by atoms with Crippen LogP contribution in [-0.4, -0.2) is 16.0 Å². The van der Waals surface area contributed by atoms with E-state index in [-0.39, 0.29) is 11.9 Å². The van der Waals surface area contributed by atoms with Crippen LogP contribution in [0.25, 0.3) is 0 Å². The second-order valence-electron chi connectivity index (χ2n) is 4.30. The first-order valence-electron chi connectivity index (χ1n) is 5.84. The lowest BCUT2D eigenvalue weighted by Gasteiger charge is -2.13. The summed E-state index contributed by atoms with van der Waals surface area (Å²) in [6.07, 6.45) is 1.20. The molecule has 0 aliphatic rings. The van der Waals surface area contributed by atoms with Gasteiger partial charge in [0.05, 0.1) is 17.3 Å². The van der Waals surface area contributed by atoms with Gasteiger partial charge < -0.3 is 9.84 Å². The van der Waals surface area contributed by atoms with Gasteiger partial charge in [-0.15, -0.1) is 0 Å². The van der Waals surface area contributed by atoms with Gasteiger partial charge >= 0.3 is 0 Å². The molecule has 0 aromatic carbocycles. The van der Waals surface area contributed by atoms with E-state index in [0.29, 0.717) is 11.3 Å². The standard InChI is InChI=1S/C13H14FN3O2/c1-7(12-8(2)17-19-9(12)3)16-13(18)10-4-5-11(14)15-6-10/h4-7H,1-3H3,(H,16,18). The summed E-state index contributed by atoms with van der Waals surface area (Å²) in [5.41, 5.74) is 1.89. The lowest BCUT2D eigenvalue weighted by Crippen LogP contribution is -2.27. The van der Waals surface area contributed by atoms with Gasteiger partial charge in [0.2, 0.25) is 5.95 Å². The number of hydrogen-bond acceptors (Lipinski definition) is 4. The topological polar surface area (TPSA) is 68.0 Å². The molecule has 19 heavy (non-hydrogen) atoms. The molecule has 2 aromatic rings. The number of rotatable bonds is 3. The van der Waals surface area contributed by atoms with E-state index in [0.717, 1.165) is 17.3 Å². The molecular weight excluding hydrogens is 249 g/mol. The van der Waals surface area contributed by atoms with Crippen LogP contribution in [0.3, 0.4) is 0 Å². The van der Waals surface area contributed by atoms with E-state index in [9.17, 15) is 9.18 Å². The molecule has 0 fully saturated rings. The van der Waals surface area contributed by atoms with Crippen molar-refractivity contribution in [2.75, 3.05) is 0 Å². The molecule has 2 aromatic heterocycles. The van der Waals surface area contributed by atoms with Crippen molar-refractivity contribution >= 4 is 5.91 Å². The molecule has 0 radical (unpaired) electrons. The number of carbonyl (C=O) groups is 1. The zero-order valence-corrected chi connectivity index (χ0v) is 10.9. The van der Waals surface area contributed by atoms with Crippen LogP contribution in [0.2, 0.25) is 0 Å². The largest absolute Gasteiger partial charge is 0.361 e. The first-order valence-corrected chi connectivity index (χ1v) is 5.84. The highest BCUT2D eigenvalue weighted by atomic mass is 19.1. The van der Waals surface area contributed by atoms with E-state index in [1.54, 1.807) is 6.92 Å². The van der Waals surface area contributed by atoms with Crippen molar-refractivity contribution in [1.82, 2.24) is 15.5 Å². The zero-order chi connectivity index (χ0) is 14.0. The molecule has 1 amide bonds. The van der Waals surface area contributed by atoms with E-state index in [1.165, 1.54) is 12.3 Å². The Hall–Kier alpha value is -2.24. The summed E-state index contributed by atoms with van der Waals surface area (Å²) in [6, 6.07) is 2.29. The smallest absolute Gasteiger partial charge is 0.253 e. The molecule has 0 aliphatic heterocycles. The van der Waals surface area contributed by atoms with Gasteiger partial charge in [0, 0.05) is 11.8 Å². The quantitative estimate of drug-likeness (QED) is 0.863. The fourth-order valence-corrected chi connectivity index (χ4v) is 1.97. The van der Waals surface area contributed by atoms with Crippen molar-refractivity contribution in [2.45, 2.75) is 26.8 Å². The number of carbonyl (C=O) groups excluding carboxylic acids is 1. The Labute approximate surface area is 109 Å². The van der Waals surface area contributed by atoms with Crippen molar-refractivity contribution in [3.8, 4) is 0 Å². The number of nitrogens with zero attached hydrogens (tertiary/aromatic N) is 2. The molecule has 2 heterocycles.